The molecule has 0 bridgehead atoms. The molecule has 1 saturated heterocycles. The summed E-state index contributed by atoms with van der Waals surface area (Å²) in [6, 6.07) is 4.38. The number of carbonyl (C=O) groups is 1. The molecule has 10 nitrogen and oxygen atoms in total. The molecule has 1 aliphatic heterocycles. The van der Waals surface area contributed by atoms with E-state index in [1.807, 2.05) is 10.9 Å². The highest BCUT2D eigenvalue weighted by Gasteiger charge is 2.21. The van der Waals surface area contributed by atoms with Crippen LogP contribution in [0.25, 0.3) is 0 Å². The number of likely N-dealkylation sites (tertiary alicyclic amines) is 1. The van der Waals surface area contributed by atoms with Crippen molar-refractivity contribution < 1.29 is 9.72 Å². The van der Waals surface area contributed by atoms with Crippen LogP contribution in [-0.4, -0.2) is 54.6 Å². The summed E-state index contributed by atoms with van der Waals surface area (Å²) >= 11 is 0. The van der Waals surface area contributed by atoms with E-state index in [2.05, 4.69) is 20.3 Å². The molecule has 0 unspecified atom stereocenters. The number of nitro groups is 1. The topological polar surface area (TPSA) is 111 Å². The largest absolute Gasteiger partial charge is 0.347 e. The fourth-order valence-corrected chi connectivity index (χ4v) is 3.78. The summed E-state index contributed by atoms with van der Waals surface area (Å²) in [6.45, 7) is 3.95. The lowest BCUT2D eigenvalue weighted by Gasteiger charge is -2.26. The average molecular weight is 423 g/mol. The lowest BCUT2D eigenvalue weighted by atomic mass is 10.1. The maximum absolute atomic E-state index is 12.6. The number of rotatable bonds is 8. The van der Waals surface area contributed by atoms with Gasteiger partial charge in [-0.3, -0.25) is 19.6 Å². The van der Waals surface area contributed by atoms with Gasteiger partial charge in [0.05, 0.1) is 23.4 Å². The molecular weight excluding hydrogens is 398 g/mol. The Morgan fingerprint density at radius 3 is 2.74 bits per heavy atom. The molecule has 162 valence electrons. The van der Waals surface area contributed by atoms with Crippen molar-refractivity contribution in [3.63, 3.8) is 0 Å². The van der Waals surface area contributed by atoms with Gasteiger partial charge in [-0.2, -0.15) is 5.10 Å². The van der Waals surface area contributed by atoms with Crippen LogP contribution in [0.1, 0.15) is 35.4 Å². The summed E-state index contributed by atoms with van der Waals surface area (Å²) < 4.78 is 3.42. The van der Waals surface area contributed by atoms with Crippen LogP contribution < -0.4 is 5.32 Å². The molecule has 1 aromatic carbocycles. The molecule has 10 heteroatoms. The third-order valence-electron chi connectivity index (χ3n) is 5.49. The minimum atomic E-state index is -0.502. The molecule has 0 spiro atoms. The Morgan fingerprint density at radius 2 is 2.03 bits per heavy atom. The Labute approximate surface area is 179 Å². The molecule has 0 radical (unpaired) electrons. The molecule has 1 N–H and O–H groups in total. The highest BCUT2D eigenvalue weighted by molar-refractivity contribution is 6.07. The van der Waals surface area contributed by atoms with Crippen LogP contribution >= 0.6 is 0 Å². The third kappa shape index (κ3) is 4.80. The van der Waals surface area contributed by atoms with E-state index in [4.69, 9.17) is 0 Å². The van der Waals surface area contributed by atoms with Crippen molar-refractivity contribution in [3.8, 4) is 0 Å². The molecule has 3 aromatic rings. The van der Waals surface area contributed by atoms with Gasteiger partial charge >= 0.3 is 0 Å². The second kappa shape index (κ2) is 9.09. The van der Waals surface area contributed by atoms with Gasteiger partial charge in [0.1, 0.15) is 5.69 Å². The molecule has 3 heterocycles. The van der Waals surface area contributed by atoms with Gasteiger partial charge in [0.15, 0.2) is 5.82 Å². The third-order valence-corrected chi connectivity index (χ3v) is 5.49. The van der Waals surface area contributed by atoms with Crippen molar-refractivity contribution in [2.45, 2.75) is 25.8 Å². The second-order valence-corrected chi connectivity index (χ2v) is 7.70. The number of nitrogens with zero attached hydrogens (tertiary/aromatic N) is 6. The first-order valence-corrected chi connectivity index (χ1v) is 10.3. The molecule has 4 rings (SSSR count). The lowest BCUT2D eigenvalue weighted by molar-refractivity contribution is -0.383. The number of anilines is 2. The van der Waals surface area contributed by atoms with Crippen molar-refractivity contribution in [3.05, 3.63) is 64.5 Å². The average Bonchev–Trinajstić information content (AvgIpc) is 3.41. The molecule has 0 atom stereocenters. The fourth-order valence-electron chi connectivity index (χ4n) is 3.78. The van der Waals surface area contributed by atoms with E-state index in [0.29, 0.717) is 11.4 Å². The van der Waals surface area contributed by atoms with Crippen molar-refractivity contribution in [2.75, 3.05) is 25.0 Å². The van der Waals surface area contributed by atoms with Gasteiger partial charge in [-0.1, -0.05) is 6.42 Å². The fraction of sp³-hybridized carbons (Fsp3) is 0.381. The van der Waals surface area contributed by atoms with Crippen molar-refractivity contribution in [2.24, 2.45) is 7.05 Å². The number of ketones is 1. The first kappa shape index (κ1) is 20.7. The van der Waals surface area contributed by atoms with Gasteiger partial charge in [-0.05, 0) is 38.1 Å². The van der Waals surface area contributed by atoms with Crippen LogP contribution in [0.15, 0.2) is 43.0 Å². The first-order chi connectivity index (χ1) is 15.0. The first-order valence-electron chi connectivity index (χ1n) is 10.3. The van der Waals surface area contributed by atoms with Crippen molar-refractivity contribution in [1.29, 1.82) is 0 Å². The number of imidazole rings is 1. The van der Waals surface area contributed by atoms with E-state index in [9.17, 15) is 14.9 Å². The number of nitro benzene ring substituents is 1. The maximum Gasteiger partial charge on any atom is 0.293 e. The quantitative estimate of drug-likeness (QED) is 0.337. The smallest absolute Gasteiger partial charge is 0.293 e. The van der Waals surface area contributed by atoms with Crippen molar-refractivity contribution >= 4 is 22.8 Å². The van der Waals surface area contributed by atoms with Crippen LogP contribution in [0.3, 0.4) is 0 Å². The van der Waals surface area contributed by atoms with Gasteiger partial charge in [0, 0.05) is 43.8 Å². The number of nitrogens with one attached hydrogen (secondary N) is 1. The molecule has 1 aliphatic rings. The number of piperidine rings is 1. The number of hydrogen-bond donors (Lipinski definition) is 1. The zero-order valence-corrected chi connectivity index (χ0v) is 17.4. The molecule has 0 amide bonds. The molecular formula is C21H25N7O3. The Bertz CT molecular complexity index is 1080. The molecule has 31 heavy (non-hydrogen) atoms. The van der Waals surface area contributed by atoms with E-state index >= 15 is 0 Å². The number of carbonyl (C=O) groups excluding carboxylic acids is 1. The summed E-state index contributed by atoms with van der Waals surface area (Å²) in [4.78, 5) is 30.2. The minimum Gasteiger partial charge on any atom is -0.347 e. The lowest BCUT2D eigenvalue weighted by Crippen LogP contribution is -2.32. The van der Waals surface area contributed by atoms with E-state index in [1.54, 1.807) is 36.1 Å². The summed E-state index contributed by atoms with van der Waals surface area (Å²) in [6.07, 6.45) is 10.4. The molecule has 2 aromatic heterocycles. The summed E-state index contributed by atoms with van der Waals surface area (Å²) in [7, 11) is 1.70. The van der Waals surface area contributed by atoms with Crippen LogP contribution in [0.4, 0.5) is 17.1 Å². The van der Waals surface area contributed by atoms with Gasteiger partial charge in [0.2, 0.25) is 5.78 Å². The number of aromatic nitrogens is 4. The Hall–Kier alpha value is -3.53. The van der Waals surface area contributed by atoms with Gasteiger partial charge in [-0.25, -0.2) is 4.98 Å². The SMILES string of the molecule is Cn1ccnc1C(=O)c1ccc(Nc2cnn(CCN3CCCCC3)c2)c([N+](=O)[O-])c1. The van der Waals surface area contributed by atoms with Gasteiger partial charge in [-0.15, -0.1) is 0 Å². The van der Waals surface area contributed by atoms with E-state index in [0.717, 1.165) is 26.2 Å². The Morgan fingerprint density at radius 1 is 1.23 bits per heavy atom. The van der Waals surface area contributed by atoms with Crippen molar-refractivity contribution in [1.82, 2.24) is 24.2 Å². The van der Waals surface area contributed by atoms with E-state index < -0.39 is 4.92 Å². The Balaban J connectivity index is 1.47. The summed E-state index contributed by atoms with van der Waals surface area (Å²) in [5, 5.41) is 19.0. The predicted molar refractivity (Wildman–Crippen MR) is 116 cm³/mol. The zero-order chi connectivity index (χ0) is 21.8. The highest BCUT2D eigenvalue weighted by Crippen LogP contribution is 2.29. The zero-order valence-electron chi connectivity index (χ0n) is 17.4. The maximum atomic E-state index is 12.6. The van der Waals surface area contributed by atoms with E-state index in [-0.39, 0.29) is 22.9 Å². The number of benzene rings is 1. The normalized spacial score (nSPS) is 14.5. The monoisotopic (exact) mass is 423 g/mol. The highest BCUT2D eigenvalue weighted by atomic mass is 16.6. The minimum absolute atomic E-state index is 0.180. The number of aryl methyl sites for hydroxylation is 1. The van der Waals surface area contributed by atoms with Crippen LogP contribution in [0.2, 0.25) is 0 Å². The van der Waals surface area contributed by atoms with Crippen LogP contribution in [0, 0.1) is 10.1 Å². The Kier molecular flexibility index (Phi) is 6.08. The van der Waals surface area contributed by atoms with Crippen LogP contribution in [-0.2, 0) is 13.6 Å². The number of hydrogen-bond acceptors (Lipinski definition) is 7. The van der Waals surface area contributed by atoms with E-state index in [1.165, 1.54) is 31.5 Å². The van der Waals surface area contributed by atoms with Crippen LogP contribution in [0.5, 0.6) is 0 Å². The molecule has 0 saturated carbocycles. The molecule has 0 aliphatic carbocycles. The second-order valence-electron chi connectivity index (χ2n) is 7.70. The van der Waals surface area contributed by atoms with Gasteiger partial charge < -0.3 is 14.8 Å². The van der Waals surface area contributed by atoms with Gasteiger partial charge in [0.25, 0.3) is 5.69 Å². The summed E-state index contributed by atoms with van der Waals surface area (Å²) in [5.74, 6) is -0.141. The standard InChI is InChI=1S/C21H25N7O3/c1-25-10-7-22-21(25)20(29)16-5-6-18(19(13-16)28(30)31)24-17-14-23-27(15-17)12-11-26-8-3-2-4-9-26/h5-7,10,13-15,24H,2-4,8-9,11-12H2,1H3. The predicted octanol–water partition coefficient (Wildman–Crippen LogP) is 2.99. The summed E-state index contributed by atoms with van der Waals surface area (Å²) in [5.41, 5.74) is 0.992. The molecule has 1 fully saturated rings.